The van der Waals surface area contributed by atoms with E-state index in [-0.39, 0.29) is 36.0 Å². The summed E-state index contributed by atoms with van der Waals surface area (Å²) in [7, 11) is 0. The third-order valence-corrected chi connectivity index (χ3v) is 10.0. The highest BCUT2D eigenvalue weighted by Crippen LogP contribution is 2.62. The average Bonchev–Trinajstić information content (AvgIpc) is 2.89. The quantitative estimate of drug-likeness (QED) is 0.268. The summed E-state index contributed by atoms with van der Waals surface area (Å²) in [4.78, 5) is 40.4. The Morgan fingerprint density at radius 2 is 1.62 bits per heavy atom. The average molecular weight is 561 g/mol. The molecule has 2 fully saturated rings. The smallest absolute Gasteiger partial charge is 0.338 e. The van der Waals surface area contributed by atoms with Crippen molar-refractivity contribution < 1.29 is 49.4 Å². The first-order valence-corrected chi connectivity index (χ1v) is 13.7. The highest BCUT2D eigenvalue weighted by atomic mass is 16.6. The fourth-order valence-electron chi connectivity index (χ4n) is 7.66. The summed E-state index contributed by atoms with van der Waals surface area (Å²) in [5.74, 6) is -4.05. The van der Waals surface area contributed by atoms with E-state index in [0.717, 1.165) is 6.92 Å². The molecule has 220 valence electrons. The van der Waals surface area contributed by atoms with Gasteiger partial charge in [-0.25, -0.2) is 4.79 Å². The van der Waals surface area contributed by atoms with Crippen LogP contribution in [-0.2, 0) is 19.1 Å². The second-order valence-electron chi connectivity index (χ2n) is 12.3. The number of Topliss-reactive ketones (excluding diaryl/α,β-unsaturated/α-hetero) is 1. The zero-order valence-electron chi connectivity index (χ0n) is 23.7. The van der Waals surface area contributed by atoms with Crippen molar-refractivity contribution in [1.29, 1.82) is 0 Å². The van der Waals surface area contributed by atoms with Crippen LogP contribution in [0.4, 0.5) is 0 Å². The molecule has 9 atom stereocenters. The number of aliphatic hydroxyl groups excluding tert-OH is 4. The zero-order valence-corrected chi connectivity index (χ0v) is 23.7. The lowest BCUT2D eigenvalue weighted by Gasteiger charge is -2.64. The first-order valence-electron chi connectivity index (χ1n) is 13.7. The van der Waals surface area contributed by atoms with Crippen molar-refractivity contribution in [3.63, 3.8) is 0 Å². The van der Waals surface area contributed by atoms with Gasteiger partial charge in [0.05, 0.1) is 35.2 Å². The minimum absolute atomic E-state index is 0.0621. The topological polar surface area (TPSA) is 171 Å². The molecule has 0 aromatic heterocycles. The number of hydrogen-bond acceptors (Lipinski definition) is 10. The second kappa shape index (κ2) is 10.0. The number of ether oxygens (including phenoxy) is 2. The van der Waals surface area contributed by atoms with Crippen LogP contribution in [0.5, 0.6) is 0 Å². The molecule has 10 nitrogen and oxygen atoms in total. The van der Waals surface area contributed by atoms with Crippen LogP contribution in [0.3, 0.4) is 0 Å². The minimum Gasteiger partial charge on any atom is -0.456 e. The molecule has 0 saturated heterocycles. The van der Waals surface area contributed by atoms with Gasteiger partial charge in [-0.1, -0.05) is 39.0 Å². The maximum atomic E-state index is 14.3. The van der Waals surface area contributed by atoms with E-state index in [4.69, 9.17) is 9.47 Å². The molecule has 5 N–H and O–H groups in total. The molecule has 0 aliphatic heterocycles. The van der Waals surface area contributed by atoms with E-state index in [1.54, 1.807) is 45.9 Å². The molecule has 3 aliphatic rings. The molecule has 2 saturated carbocycles. The molecular weight excluding hydrogens is 520 g/mol. The van der Waals surface area contributed by atoms with Crippen molar-refractivity contribution >= 4 is 17.7 Å². The summed E-state index contributed by atoms with van der Waals surface area (Å²) in [6.45, 7) is 8.83. The lowest BCUT2D eigenvalue weighted by atomic mass is 9.45. The van der Waals surface area contributed by atoms with Crippen molar-refractivity contribution in [3.05, 3.63) is 47.0 Å². The van der Waals surface area contributed by atoms with Gasteiger partial charge in [-0.15, -0.1) is 0 Å². The van der Waals surface area contributed by atoms with Crippen molar-refractivity contribution in [1.82, 2.24) is 0 Å². The Labute approximate surface area is 233 Å². The molecule has 0 radical (unpaired) electrons. The third-order valence-electron chi connectivity index (χ3n) is 10.0. The Morgan fingerprint density at radius 3 is 2.17 bits per heavy atom. The second-order valence-corrected chi connectivity index (χ2v) is 12.3. The first-order chi connectivity index (χ1) is 18.5. The molecule has 4 rings (SSSR count). The van der Waals surface area contributed by atoms with Gasteiger partial charge in [0.2, 0.25) is 0 Å². The molecule has 0 unspecified atom stereocenters. The molecular formula is C30H40O10. The maximum absolute atomic E-state index is 14.3. The van der Waals surface area contributed by atoms with Crippen LogP contribution < -0.4 is 0 Å². The zero-order chi connectivity index (χ0) is 30.0. The highest BCUT2D eigenvalue weighted by Gasteiger charge is 2.74. The first kappa shape index (κ1) is 30.3. The maximum Gasteiger partial charge on any atom is 0.338 e. The van der Waals surface area contributed by atoms with Gasteiger partial charge < -0.3 is 35.0 Å². The minimum atomic E-state index is -2.16. The fourth-order valence-corrected chi connectivity index (χ4v) is 7.66. The molecule has 1 aromatic carbocycles. The van der Waals surface area contributed by atoms with Crippen LogP contribution in [0.1, 0.15) is 71.2 Å². The molecule has 1 aromatic rings. The van der Waals surface area contributed by atoms with E-state index in [0.29, 0.717) is 0 Å². The predicted molar refractivity (Wildman–Crippen MR) is 142 cm³/mol. The predicted octanol–water partition coefficient (Wildman–Crippen LogP) is 1.45. The van der Waals surface area contributed by atoms with E-state index < -0.39 is 76.2 Å². The Hall–Kier alpha value is -2.63. The number of esters is 2. The lowest BCUT2D eigenvalue weighted by molar-refractivity contribution is -0.284. The number of hydrogen-bond donors (Lipinski definition) is 5. The summed E-state index contributed by atoms with van der Waals surface area (Å²) >= 11 is 0. The summed E-state index contributed by atoms with van der Waals surface area (Å²) < 4.78 is 11.9. The number of rotatable bonds is 4. The van der Waals surface area contributed by atoms with E-state index in [1.165, 1.54) is 19.1 Å². The van der Waals surface area contributed by atoms with Crippen LogP contribution in [0.15, 0.2) is 41.5 Å². The molecule has 2 bridgehead atoms. The molecule has 0 heterocycles. The Morgan fingerprint density at radius 1 is 1.02 bits per heavy atom. The van der Waals surface area contributed by atoms with E-state index in [9.17, 15) is 39.9 Å². The van der Waals surface area contributed by atoms with Gasteiger partial charge in [0.1, 0.15) is 23.4 Å². The standard InChI is InChI=1S/C30H40O10/c1-7-29(40-16(3)31)20(34)13-19(33)28(6)23(29)25(39-26(37)17-11-9-8-10-12-17)30(38)14-18(32)15(2)21(27(30,4)5)22(35)24(28)36/h8-12,18-20,22-23,25,32-35,38H,7,13-14H2,1-6H3/t18-,19-,20+,22+,23-,25-,28+,29-,30+/m0/s1. The molecule has 0 amide bonds. The van der Waals surface area contributed by atoms with E-state index >= 15 is 0 Å². The van der Waals surface area contributed by atoms with Gasteiger partial charge in [0, 0.05) is 25.2 Å². The van der Waals surface area contributed by atoms with Crippen LogP contribution in [0.25, 0.3) is 0 Å². The summed E-state index contributed by atoms with van der Waals surface area (Å²) in [5.41, 5.74) is -7.02. The Balaban J connectivity index is 2.11. The SMILES string of the molecule is CC[C@]1(OC(C)=O)[C@H](O)C[C@H](O)[C@@]2(C)C(=O)[C@H](O)C3=C(C)[C@@H](O)C[C@@](O)([C@@H](OC(=O)c4ccccc4)[C@H]12)C3(C)C. The molecule has 10 heteroatoms. The summed E-state index contributed by atoms with van der Waals surface area (Å²) in [6, 6.07) is 7.95. The van der Waals surface area contributed by atoms with Gasteiger partial charge >= 0.3 is 11.9 Å². The van der Waals surface area contributed by atoms with Crippen molar-refractivity contribution in [2.75, 3.05) is 0 Å². The third kappa shape index (κ3) is 4.07. The highest BCUT2D eigenvalue weighted by molar-refractivity contribution is 5.94. The lowest BCUT2D eigenvalue weighted by Crippen LogP contribution is -2.77. The number of aliphatic hydroxyl groups is 5. The monoisotopic (exact) mass is 560 g/mol. The van der Waals surface area contributed by atoms with Gasteiger partial charge in [-0.2, -0.15) is 0 Å². The number of carbonyl (C=O) groups is 3. The summed E-state index contributed by atoms with van der Waals surface area (Å²) in [6.07, 6.45) is -8.78. The van der Waals surface area contributed by atoms with Gasteiger partial charge in [-0.3, -0.25) is 9.59 Å². The number of benzene rings is 1. The Kier molecular flexibility index (Phi) is 7.60. The largest absolute Gasteiger partial charge is 0.456 e. The molecule has 40 heavy (non-hydrogen) atoms. The van der Waals surface area contributed by atoms with Gasteiger partial charge in [0.15, 0.2) is 5.78 Å². The number of carbonyl (C=O) groups excluding carboxylic acids is 3. The van der Waals surface area contributed by atoms with Crippen LogP contribution in [-0.4, -0.2) is 85.0 Å². The van der Waals surface area contributed by atoms with Crippen LogP contribution >= 0.6 is 0 Å². The van der Waals surface area contributed by atoms with Crippen LogP contribution in [0.2, 0.25) is 0 Å². The number of fused-ring (bicyclic) bond motifs is 3. The van der Waals surface area contributed by atoms with E-state index in [2.05, 4.69) is 0 Å². The van der Waals surface area contributed by atoms with Gasteiger partial charge in [-0.05, 0) is 43.5 Å². The Bertz CT molecular complexity index is 1220. The van der Waals surface area contributed by atoms with Crippen molar-refractivity contribution in [2.45, 2.75) is 103 Å². The van der Waals surface area contributed by atoms with Gasteiger partial charge in [0.25, 0.3) is 0 Å². The van der Waals surface area contributed by atoms with Crippen LogP contribution in [0, 0.1) is 16.7 Å². The summed E-state index contributed by atoms with van der Waals surface area (Å²) in [5, 5.41) is 58.2. The number of ketones is 1. The van der Waals surface area contributed by atoms with E-state index in [1.807, 2.05) is 0 Å². The van der Waals surface area contributed by atoms with Crippen molar-refractivity contribution in [2.24, 2.45) is 16.7 Å². The normalized spacial score (nSPS) is 40.9. The van der Waals surface area contributed by atoms with Crippen molar-refractivity contribution in [3.8, 4) is 0 Å². The molecule has 3 aliphatic carbocycles. The molecule has 0 spiro atoms. The fraction of sp³-hybridized carbons (Fsp3) is 0.633.